The normalized spacial score (nSPS) is 12.7. The summed E-state index contributed by atoms with van der Waals surface area (Å²) in [5, 5.41) is 5.42. The van der Waals surface area contributed by atoms with Gasteiger partial charge in [-0.25, -0.2) is 9.18 Å². The Balaban J connectivity index is 2.55. The number of hydrogen-bond acceptors (Lipinski definition) is 3. The number of imide groups is 1. The number of nitrogens with two attached hydrogens (primary N) is 1. The van der Waals surface area contributed by atoms with Gasteiger partial charge in [-0.15, -0.1) is 0 Å². The van der Waals surface area contributed by atoms with Gasteiger partial charge < -0.3 is 11.1 Å². The quantitative estimate of drug-likeness (QED) is 0.706. The summed E-state index contributed by atoms with van der Waals surface area (Å²) < 4.78 is 13.0. The summed E-state index contributed by atoms with van der Waals surface area (Å²) in [6, 6.07) is 5.60. The zero-order valence-electron chi connectivity index (χ0n) is 13.3. The number of urea groups is 1. The average Bonchev–Trinajstić information content (AvgIpc) is 2.38. The number of amides is 3. The number of halogens is 1. The number of rotatable bonds is 6. The molecule has 1 aromatic rings. The van der Waals surface area contributed by atoms with Gasteiger partial charge in [-0.1, -0.05) is 32.9 Å². The maximum absolute atomic E-state index is 13.0. The van der Waals surface area contributed by atoms with Crippen molar-refractivity contribution in [2.24, 2.45) is 11.1 Å². The summed E-state index contributed by atoms with van der Waals surface area (Å²) in [6.07, 6.45) is 0.795. The van der Waals surface area contributed by atoms with Gasteiger partial charge in [0.1, 0.15) is 5.82 Å². The Hall–Kier alpha value is -1.95. The number of carbonyl (C=O) groups excluding carboxylic acids is 2. The highest BCUT2D eigenvalue weighted by Crippen LogP contribution is 2.32. The van der Waals surface area contributed by atoms with E-state index in [4.69, 9.17) is 5.73 Å². The van der Waals surface area contributed by atoms with E-state index in [9.17, 15) is 14.0 Å². The Morgan fingerprint density at radius 2 is 1.82 bits per heavy atom. The summed E-state index contributed by atoms with van der Waals surface area (Å²) in [4.78, 5) is 21.9. The topological polar surface area (TPSA) is 84.2 Å². The third-order valence-corrected chi connectivity index (χ3v) is 3.26. The molecule has 0 aliphatic rings. The molecular weight excluding hydrogens is 285 g/mol. The van der Waals surface area contributed by atoms with Gasteiger partial charge in [0, 0.05) is 12.5 Å². The number of hydrogen-bond donors (Lipinski definition) is 3. The smallest absolute Gasteiger partial charge is 0.318 e. The summed E-state index contributed by atoms with van der Waals surface area (Å²) in [5.74, 6) is -0.650. The predicted octanol–water partition coefficient (Wildman–Crippen LogP) is 2.48. The van der Waals surface area contributed by atoms with Crippen molar-refractivity contribution in [3.8, 4) is 0 Å². The van der Waals surface area contributed by atoms with E-state index in [1.165, 1.54) is 12.1 Å². The minimum absolute atomic E-state index is 0.0345. The van der Waals surface area contributed by atoms with Crippen molar-refractivity contribution in [1.29, 1.82) is 0 Å². The highest BCUT2D eigenvalue weighted by atomic mass is 19.1. The van der Waals surface area contributed by atoms with Gasteiger partial charge in [0.25, 0.3) is 0 Å². The molecule has 0 aliphatic carbocycles. The van der Waals surface area contributed by atoms with Crippen LogP contribution in [-0.2, 0) is 4.79 Å². The Kier molecular flexibility index (Phi) is 6.49. The number of benzene rings is 1. The van der Waals surface area contributed by atoms with Gasteiger partial charge in [0.2, 0.25) is 5.91 Å². The molecule has 0 spiro atoms. The van der Waals surface area contributed by atoms with E-state index >= 15 is 0 Å². The molecule has 22 heavy (non-hydrogen) atoms. The zero-order chi connectivity index (χ0) is 16.8. The maximum atomic E-state index is 13.0. The number of primary amides is 1. The molecule has 1 rings (SSSR count). The monoisotopic (exact) mass is 309 g/mol. The minimum Gasteiger partial charge on any atom is -0.351 e. The first kappa shape index (κ1) is 18.1. The van der Waals surface area contributed by atoms with Crippen LogP contribution in [0.4, 0.5) is 9.18 Å². The number of nitrogens with one attached hydrogen (secondary N) is 2. The van der Waals surface area contributed by atoms with Crippen molar-refractivity contribution in [2.75, 3.05) is 6.54 Å². The van der Waals surface area contributed by atoms with Crippen molar-refractivity contribution in [3.05, 3.63) is 35.6 Å². The molecule has 0 unspecified atom stereocenters. The van der Waals surface area contributed by atoms with E-state index in [1.807, 2.05) is 5.32 Å². The summed E-state index contributed by atoms with van der Waals surface area (Å²) in [7, 11) is 0. The molecule has 4 N–H and O–H groups in total. The highest BCUT2D eigenvalue weighted by molar-refractivity contribution is 5.93. The Bertz CT molecular complexity index is 509. The molecule has 0 saturated carbocycles. The second kappa shape index (κ2) is 7.89. The van der Waals surface area contributed by atoms with Crippen LogP contribution in [0.5, 0.6) is 0 Å². The zero-order valence-corrected chi connectivity index (χ0v) is 13.3. The van der Waals surface area contributed by atoms with E-state index in [0.717, 1.165) is 5.56 Å². The van der Waals surface area contributed by atoms with E-state index in [0.29, 0.717) is 13.0 Å². The summed E-state index contributed by atoms with van der Waals surface area (Å²) in [5.41, 5.74) is 5.81. The standard InChI is InChI=1S/C16H24FN3O2/c1-16(2,3)14(11-6-8-12(17)9-7-11)19-10-4-5-13(21)20-15(18)22/h6-9,14,19H,4-5,10H2,1-3H3,(H3,18,20,21,22)/t14-/m0/s1. The van der Waals surface area contributed by atoms with Crippen LogP contribution < -0.4 is 16.4 Å². The molecule has 5 nitrogen and oxygen atoms in total. The van der Waals surface area contributed by atoms with Gasteiger partial charge in [0.15, 0.2) is 0 Å². The summed E-state index contributed by atoms with van der Waals surface area (Å²) >= 11 is 0. The molecule has 6 heteroatoms. The molecule has 1 atom stereocenters. The molecule has 0 aliphatic heterocycles. The Morgan fingerprint density at radius 1 is 1.23 bits per heavy atom. The van der Waals surface area contributed by atoms with Crippen LogP contribution in [0.1, 0.15) is 45.2 Å². The van der Waals surface area contributed by atoms with E-state index in [2.05, 4.69) is 26.1 Å². The Labute approximate surface area is 130 Å². The van der Waals surface area contributed by atoms with Crippen molar-refractivity contribution in [3.63, 3.8) is 0 Å². The second-order valence-corrected chi connectivity index (χ2v) is 6.32. The molecule has 0 aromatic heterocycles. The molecule has 0 fully saturated rings. The van der Waals surface area contributed by atoms with Gasteiger partial charge >= 0.3 is 6.03 Å². The second-order valence-electron chi connectivity index (χ2n) is 6.32. The van der Waals surface area contributed by atoms with Gasteiger partial charge in [-0.05, 0) is 36.1 Å². The molecular formula is C16H24FN3O2. The lowest BCUT2D eigenvalue weighted by Crippen LogP contribution is -2.36. The fourth-order valence-electron chi connectivity index (χ4n) is 2.27. The van der Waals surface area contributed by atoms with E-state index < -0.39 is 6.03 Å². The fourth-order valence-corrected chi connectivity index (χ4v) is 2.27. The van der Waals surface area contributed by atoms with Crippen LogP contribution in [0, 0.1) is 11.2 Å². The average molecular weight is 309 g/mol. The molecule has 0 saturated heterocycles. The Morgan fingerprint density at radius 3 is 2.32 bits per heavy atom. The van der Waals surface area contributed by atoms with Crippen LogP contribution in [0.2, 0.25) is 0 Å². The first-order valence-corrected chi connectivity index (χ1v) is 7.28. The minimum atomic E-state index is -0.836. The van der Waals surface area contributed by atoms with Crippen molar-refractivity contribution >= 4 is 11.9 Å². The van der Waals surface area contributed by atoms with Crippen molar-refractivity contribution in [2.45, 2.75) is 39.7 Å². The van der Waals surface area contributed by atoms with Crippen LogP contribution >= 0.6 is 0 Å². The molecule has 1 aromatic carbocycles. The van der Waals surface area contributed by atoms with Gasteiger partial charge in [-0.3, -0.25) is 10.1 Å². The largest absolute Gasteiger partial charge is 0.351 e. The van der Waals surface area contributed by atoms with Crippen LogP contribution in [0.15, 0.2) is 24.3 Å². The predicted molar refractivity (Wildman–Crippen MR) is 83.6 cm³/mol. The van der Waals surface area contributed by atoms with Gasteiger partial charge in [0.05, 0.1) is 0 Å². The van der Waals surface area contributed by atoms with Crippen molar-refractivity contribution in [1.82, 2.24) is 10.6 Å². The van der Waals surface area contributed by atoms with Crippen molar-refractivity contribution < 1.29 is 14.0 Å². The fraction of sp³-hybridized carbons (Fsp3) is 0.500. The third-order valence-electron chi connectivity index (χ3n) is 3.26. The van der Waals surface area contributed by atoms with Crippen LogP contribution in [-0.4, -0.2) is 18.5 Å². The van der Waals surface area contributed by atoms with Crippen LogP contribution in [0.3, 0.4) is 0 Å². The SMILES string of the molecule is CC(C)(C)[C@@H](NCCCC(=O)NC(N)=O)c1ccc(F)cc1. The third kappa shape index (κ3) is 6.22. The van der Waals surface area contributed by atoms with E-state index in [1.54, 1.807) is 12.1 Å². The maximum Gasteiger partial charge on any atom is 0.318 e. The molecule has 0 bridgehead atoms. The molecule has 122 valence electrons. The lowest BCUT2D eigenvalue weighted by atomic mass is 9.82. The molecule has 0 radical (unpaired) electrons. The summed E-state index contributed by atoms with van der Waals surface area (Å²) in [6.45, 7) is 6.88. The number of carbonyl (C=O) groups is 2. The first-order chi connectivity index (χ1) is 10.2. The molecule has 0 heterocycles. The van der Waals surface area contributed by atoms with Gasteiger partial charge in [-0.2, -0.15) is 0 Å². The lowest BCUT2D eigenvalue weighted by molar-refractivity contribution is -0.120. The van der Waals surface area contributed by atoms with E-state index in [-0.39, 0.29) is 29.6 Å². The lowest BCUT2D eigenvalue weighted by Gasteiger charge is -2.32. The highest BCUT2D eigenvalue weighted by Gasteiger charge is 2.25. The first-order valence-electron chi connectivity index (χ1n) is 7.28. The molecule has 3 amide bonds. The van der Waals surface area contributed by atoms with Crippen LogP contribution in [0.25, 0.3) is 0 Å².